The van der Waals surface area contributed by atoms with E-state index in [4.69, 9.17) is 10.2 Å². The van der Waals surface area contributed by atoms with Crippen molar-refractivity contribution in [3.8, 4) is 0 Å². The molecule has 0 bridgehead atoms. The van der Waals surface area contributed by atoms with Gasteiger partial charge in [-0.2, -0.15) is 15.0 Å². The highest BCUT2D eigenvalue weighted by atomic mass is 32.2. The summed E-state index contributed by atoms with van der Waals surface area (Å²) in [5.41, 5.74) is 2.06. The molecule has 132 valence electrons. The Morgan fingerprint density at radius 2 is 1.54 bits per heavy atom. The summed E-state index contributed by atoms with van der Waals surface area (Å²) in [6, 6.07) is 8.26. The highest BCUT2D eigenvalue weighted by Gasteiger charge is 2.36. The molecule has 1 aliphatic carbocycles. The number of aromatic nitrogens is 3. The van der Waals surface area contributed by atoms with Gasteiger partial charge in [-0.1, -0.05) is 70.4 Å². The molecule has 0 saturated heterocycles. The molecular formula is C20H31N3S. The number of benzene rings is 1. The second-order valence-electron chi connectivity index (χ2n) is 7.10. The molecule has 1 saturated carbocycles. The van der Waals surface area contributed by atoms with E-state index in [1.54, 1.807) is 0 Å². The zero-order valence-corrected chi connectivity index (χ0v) is 15.9. The van der Waals surface area contributed by atoms with Crippen LogP contribution in [0.15, 0.2) is 24.3 Å². The molecule has 3 rings (SSSR count). The first-order valence-electron chi connectivity index (χ1n) is 9.81. The molecule has 1 aliphatic rings. The molecule has 3 nitrogen and oxygen atoms in total. The van der Waals surface area contributed by atoms with Crippen molar-refractivity contribution >= 4 is 22.8 Å². The van der Waals surface area contributed by atoms with Crippen molar-refractivity contribution in [3.63, 3.8) is 0 Å². The predicted octanol–water partition coefficient (Wildman–Crippen LogP) is 6.14. The fourth-order valence-corrected chi connectivity index (χ4v) is 5.20. The van der Waals surface area contributed by atoms with Crippen molar-refractivity contribution in [2.45, 2.75) is 82.4 Å². The van der Waals surface area contributed by atoms with E-state index >= 15 is 0 Å². The third-order valence-corrected chi connectivity index (χ3v) is 6.76. The number of rotatable bonds is 9. The monoisotopic (exact) mass is 345 g/mol. The number of thioether (sulfide) groups is 1. The lowest BCUT2D eigenvalue weighted by Crippen LogP contribution is -2.35. The summed E-state index contributed by atoms with van der Waals surface area (Å²) in [7, 11) is 0. The van der Waals surface area contributed by atoms with Gasteiger partial charge >= 0.3 is 0 Å². The third-order valence-electron chi connectivity index (χ3n) is 5.15. The van der Waals surface area contributed by atoms with Crippen LogP contribution in [0.2, 0.25) is 0 Å². The fraction of sp³-hybridized carbons (Fsp3) is 0.700. The quantitative estimate of drug-likeness (QED) is 0.511. The van der Waals surface area contributed by atoms with Gasteiger partial charge in [0.25, 0.3) is 0 Å². The number of nitrogens with zero attached hydrogens (tertiary/aromatic N) is 3. The maximum Gasteiger partial charge on any atom is 0.127 e. The van der Waals surface area contributed by atoms with Crippen LogP contribution in [-0.2, 0) is 4.87 Å². The molecular weight excluding hydrogens is 314 g/mol. The lowest BCUT2D eigenvalue weighted by Gasteiger charge is -2.35. The SMILES string of the molecule is CCCCCCCCSC1(n2nc3ccccc3n2)CCCCC1. The topological polar surface area (TPSA) is 30.7 Å². The Balaban J connectivity index is 1.62. The van der Waals surface area contributed by atoms with E-state index in [0.717, 1.165) is 11.0 Å². The van der Waals surface area contributed by atoms with Gasteiger partial charge in [-0.15, -0.1) is 11.8 Å². The number of fused-ring (bicyclic) bond motifs is 1. The second-order valence-corrected chi connectivity index (χ2v) is 8.56. The first kappa shape index (κ1) is 17.8. The Bertz CT molecular complexity index is 583. The van der Waals surface area contributed by atoms with Gasteiger partial charge in [0.1, 0.15) is 15.9 Å². The van der Waals surface area contributed by atoms with Gasteiger partial charge in [0.05, 0.1) is 0 Å². The summed E-state index contributed by atoms with van der Waals surface area (Å²) in [5.74, 6) is 1.24. The zero-order chi connectivity index (χ0) is 16.7. The van der Waals surface area contributed by atoms with E-state index in [1.165, 1.54) is 76.4 Å². The second kappa shape index (κ2) is 8.89. The van der Waals surface area contributed by atoms with E-state index in [0.29, 0.717) is 0 Å². The summed E-state index contributed by atoms with van der Waals surface area (Å²) in [5, 5.41) is 9.67. The van der Waals surface area contributed by atoms with Crippen molar-refractivity contribution < 1.29 is 0 Å². The van der Waals surface area contributed by atoms with E-state index in [-0.39, 0.29) is 4.87 Å². The molecule has 4 heteroatoms. The summed E-state index contributed by atoms with van der Waals surface area (Å²) < 4.78 is 0. The third kappa shape index (κ3) is 4.33. The molecule has 1 aromatic carbocycles. The molecule has 2 aromatic rings. The maximum atomic E-state index is 4.83. The van der Waals surface area contributed by atoms with E-state index < -0.39 is 0 Å². The summed E-state index contributed by atoms with van der Waals surface area (Å²) >= 11 is 2.11. The molecule has 0 aliphatic heterocycles. The minimum absolute atomic E-state index is 0.0979. The van der Waals surface area contributed by atoms with Crippen molar-refractivity contribution in [2.24, 2.45) is 0 Å². The van der Waals surface area contributed by atoms with Gasteiger partial charge in [0.15, 0.2) is 0 Å². The molecule has 1 aromatic heterocycles. The van der Waals surface area contributed by atoms with E-state index in [9.17, 15) is 0 Å². The van der Waals surface area contributed by atoms with Crippen LogP contribution >= 0.6 is 11.8 Å². The summed E-state index contributed by atoms with van der Waals surface area (Å²) in [4.78, 5) is 2.17. The molecule has 0 atom stereocenters. The van der Waals surface area contributed by atoms with Gasteiger partial charge in [0, 0.05) is 0 Å². The minimum Gasteiger partial charge on any atom is -0.167 e. The van der Waals surface area contributed by atoms with Gasteiger partial charge in [-0.05, 0) is 37.1 Å². The molecule has 0 N–H and O–H groups in total. The van der Waals surface area contributed by atoms with Crippen LogP contribution in [0.4, 0.5) is 0 Å². The average molecular weight is 346 g/mol. The van der Waals surface area contributed by atoms with Crippen molar-refractivity contribution in [3.05, 3.63) is 24.3 Å². The van der Waals surface area contributed by atoms with Crippen molar-refractivity contribution in [1.29, 1.82) is 0 Å². The molecule has 1 heterocycles. The molecule has 0 spiro atoms. The highest BCUT2D eigenvalue weighted by Crippen LogP contribution is 2.44. The minimum atomic E-state index is 0.0979. The lowest BCUT2D eigenvalue weighted by atomic mass is 9.95. The molecule has 0 radical (unpaired) electrons. The Morgan fingerprint density at radius 3 is 2.21 bits per heavy atom. The largest absolute Gasteiger partial charge is 0.167 e. The zero-order valence-electron chi connectivity index (χ0n) is 15.0. The number of unbranched alkanes of at least 4 members (excludes halogenated alkanes) is 5. The molecule has 0 amide bonds. The molecule has 24 heavy (non-hydrogen) atoms. The summed E-state index contributed by atoms with van der Waals surface area (Å²) in [6.07, 6.45) is 14.6. The van der Waals surface area contributed by atoms with Crippen molar-refractivity contribution in [1.82, 2.24) is 15.0 Å². The van der Waals surface area contributed by atoms with E-state index in [1.807, 2.05) is 0 Å². The maximum absolute atomic E-state index is 4.83. The lowest BCUT2D eigenvalue weighted by molar-refractivity contribution is 0.263. The van der Waals surface area contributed by atoms with Gasteiger partial charge < -0.3 is 0 Å². The highest BCUT2D eigenvalue weighted by molar-refractivity contribution is 8.00. The van der Waals surface area contributed by atoms with Gasteiger partial charge in [-0.3, -0.25) is 0 Å². The Labute approximate surface area is 150 Å². The van der Waals surface area contributed by atoms with Crippen LogP contribution in [0.1, 0.15) is 77.6 Å². The number of hydrogen-bond acceptors (Lipinski definition) is 3. The smallest absolute Gasteiger partial charge is 0.127 e. The van der Waals surface area contributed by atoms with Crippen LogP contribution < -0.4 is 0 Å². The van der Waals surface area contributed by atoms with E-state index in [2.05, 4.69) is 47.7 Å². The fourth-order valence-electron chi connectivity index (χ4n) is 3.69. The van der Waals surface area contributed by atoms with Crippen LogP contribution in [0.3, 0.4) is 0 Å². The van der Waals surface area contributed by atoms with Gasteiger partial charge in [0.2, 0.25) is 0 Å². The molecule has 0 unspecified atom stereocenters. The van der Waals surface area contributed by atoms with Crippen LogP contribution in [0, 0.1) is 0 Å². The first-order valence-corrected chi connectivity index (χ1v) is 10.8. The standard InChI is InChI=1S/C20H31N3S/c1-2-3-4-5-6-12-17-24-20(15-10-7-11-16-20)23-21-18-13-8-9-14-19(18)22-23/h8-9,13-14H,2-7,10-12,15-17H2,1H3. The van der Waals surface area contributed by atoms with Gasteiger partial charge in [-0.25, -0.2) is 0 Å². The number of hydrogen-bond donors (Lipinski definition) is 0. The predicted molar refractivity (Wildman–Crippen MR) is 104 cm³/mol. The Morgan fingerprint density at radius 1 is 0.917 bits per heavy atom. The normalized spacial score (nSPS) is 17.4. The van der Waals surface area contributed by atoms with Crippen molar-refractivity contribution in [2.75, 3.05) is 5.75 Å². The van der Waals surface area contributed by atoms with Crippen LogP contribution in [-0.4, -0.2) is 20.7 Å². The van der Waals surface area contributed by atoms with Crippen LogP contribution in [0.25, 0.3) is 11.0 Å². The summed E-state index contributed by atoms with van der Waals surface area (Å²) in [6.45, 7) is 2.28. The van der Waals surface area contributed by atoms with Crippen LogP contribution in [0.5, 0.6) is 0 Å². The average Bonchev–Trinajstić information content (AvgIpc) is 3.07. The Kier molecular flexibility index (Phi) is 6.59. The molecule has 1 fully saturated rings. The Hall–Kier alpha value is -1.03. The first-order chi connectivity index (χ1) is 11.8.